The van der Waals surface area contributed by atoms with E-state index in [1.165, 1.54) is 12.1 Å². The Bertz CT molecular complexity index is 489. The smallest absolute Gasteiger partial charge is 0.295 e. The molecule has 0 aliphatic rings. The number of benzene rings is 1. The lowest BCUT2D eigenvalue weighted by Gasteiger charge is -2.20. The molecule has 0 spiro atoms. The van der Waals surface area contributed by atoms with E-state index in [2.05, 4.69) is 6.58 Å². The molecule has 1 rings (SSSR count). The number of allylic oxidation sites excluding steroid dienone is 1. The summed E-state index contributed by atoms with van der Waals surface area (Å²) in [7, 11) is 0. The monoisotopic (exact) mass is 270 g/mol. The molecule has 0 bridgehead atoms. The Balaban J connectivity index is 2.94. The predicted octanol–water partition coefficient (Wildman–Crippen LogP) is 3.58. The molecule has 19 heavy (non-hydrogen) atoms. The summed E-state index contributed by atoms with van der Waals surface area (Å²) in [5.41, 5.74) is -0.398. The highest BCUT2D eigenvalue weighted by molar-refractivity contribution is 5.98. The molecule has 0 radical (unpaired) electrons. The van der Waals surface area contributed by atoms with Crippen molar-refractivity contribution in [3.05, 3.63) is 48.0 Å². The molecule has 0 saturated carbocycles. The van der Waals surface area contributed by atoms with Gasteiger partial charge in [0.15, 0.2) is 11.6 Å². The van der Waals surface area contributed by atoms with Gasteiger partial charge >= 0.3 is 6.18 Å². The lowest BCUT2D eigenvalue weighted by atomic mass is 9.90. The van der Waals surface area contributed by atoms with Gasteiger partial charge in [-0.1, -0.05) is 36.9 Å². The molecule has 0 N–H and O–H groups in total. The van der Waals surface area contributed by atoms with E-state index in [0.717, 1.165) is 6.92 Å². The minimum Gasteiger partial charge on any atom is -0.295 e. The number of carbonyl (C=O) groups is 2. The number of alkyl halides is 3. The van der Waals surface area contributed by atoms with Crippen molar-refractivity contribution in [1.29, 1.82) is 0 Å². The van der Waals surface area contributed by atoms with Crippen LogP contribution in [0.1, 0.15) is 23.7 Å². The summed E-state index contributed by atoms with van der Waals surface area (Å²) in [6, 6.07) is 7.66. The number of halogens is 3. The lowest BCUT2D eigenvalue weighted by molar-refractivity contribution is -0.165. The van der Waals surface area contributed by atoms with Crippen LogP contribution in [0.3, 0.4) is 0 Å². The molecular weight excluding hydrogens is 257 g/mol. The molecule has 0 fully saturated rings. The highest BCUT2D eigenvalue weighted by atomic mass is 19.4. The number of ketones is 2. The van der Waals surface area contributed by atoms with Gasteiger partial charge in [-0.05, 0) is 6.92 Å². The van der Waals surface area contributed by atoms with Crippen LogP contribution in [0.25, 0.3) is 0 Å². The summed E-state index contributed by atoms with van der Waals surface area (Å²) in [5.74, 6) is -3.55. The molecule has 0 unspecified atom stereocenters. The first-order valence-electron chi connectivity index (χ1n) is 5.58. The molecule has 0 aliphatic heterocycles. The molecule has 0 heterocycles. The zero-order valence-corrected chi connectivity index (χ0v) is 10.3. The maximum Gasteiger partial charge on any atom is 0.396 e. The molecule has 0 aliphatic carbocycles. The van der Waals surface area contributed by atoms with Crippen LogP contribution in [-0.2, 0) is 4.79 Å². The summed E-state index contributed by atoms with van der Waals surface area (Å²) < 4.78 is 38.5. The van der Waals surface area contributed by atoms with Crippen molar-refractivity contribution < 1.29 is 22.8 Å². The highest BCUT2D eigenvalue weighted by Gasteiger charge is 2.43. The fourth-order valence-electron chi connectivity index (χ4n) is 1.61. The van der Waals surface area contributed by atoms with Gasteiger partial charge in [-0.2, -0.15) is 13.2 Å². The van der Waals surface area contributed by atoms with Crippen LogP contribution in [0.2, 0.25) is 0 Å². The second-order valence-corrected chi connectivity index (χ2v) is 4.17. The number of rotatable bonds is 5. The zero-order chi connectivity index (χ0) is 14.6. The van der Waals surface area contributed by atoms with E-state index in [4.69, 9.17) is 0 Å². The number of carbonyl (C=O) groups excluding carboxylic acids is 2. The summed E-state index contributed by atoms with van der Waals surface area (Å²) in [4.78, 5) is 22.8. The molecule has 102 valence electrons. The van der Waals surface area contributed by atoms with Crippen molar-refractivity contribution in [2.45, 2.75) is 19.5 Å². The first kappa shape index (κ1) is 15.1. The molecule has 0 aromatic heterocycles. The maximum atomic E-state index is 12.8. The average molecular weight is 270 g/mol. The Morgan fingerprint density at radius 1 is 1.21 bits per heavy atom. The predicted molar refractivity (Wildman–Crippen MR) is 64.8 cm³/mol. The molecule has 1 aromatic carbocycles. The Morgan fingerprint density at radius 3 is 2.16 bits per heavy atom. The number of hydrogen-bond acceptors (Lipinski definition) is 2. The minimum atomic E-state index is -4.66. The summed E-state index contributed by atoms with van der Waals surface area (Å²) in [5, 5.41) is 0. The molecule has 1 aromatic rings. The number of Topliss-reactive ketones (excluding diaryl/α,β-unsaturated/α-hetero) is 2. The third-order valence-electron chi connectivity index (χ3n) is 2.75. The number of hydrogen-bond donors (Lipinski definition) is 0. The van der Waals surface area contributed by atoms with Gasteiger partial charge in [0.2, 0.25) is 0 Å². The Hall–Kier alpha value is -1.91. The Labute approximate surface area is 108 Å². The lowest BCUT2D eigenvalue weighted by Crippen LogP contribution is -2.29. The van der Waals surface area contributed by atoms with Gasteiger partial charge in [-0.3, -0.25) is 9.59 Å². The van der Waals surface area contributed by atoms with Crippen LogP contribution < -0.4 is 0 Å². The summed E-state index contributed by atoms with van der Waals surface area (Å²) in [6.07, 6.45) is -5.46. The van der Waals surface area contributed by atoms with Crippen molar-refractivity contribution in [2.24, 2.45) is 5.92 Å². The maximum absolute atomic E-state index is 12.8. The van der Waals surface area contributed by atoms with Crippen molar-refractivity contribution in [2.75, 3.05) is 0 Å². The van der Waals surface area contributed by atoms with Gasteiger partial charge in [0.05, 0.1) is 5.92 Å². The van der Waals surface area contributed by atoms with Gasteiger partial charge in [0.1, 0.15) is 0 Å². The van der Waals surface area contributed by atoms with Crippen molar-refractivity contribution in [3.8, 4) is 0 Å². The Morgan fingerprint density at radius 2 is 1.74 bits per heavy atom. The molecular formula is C14H13F3O2. The van der Waals surface area contributed by atoms with Crippen molar-refractivity contribution in [3.63, 3.8) is 0 Å². The third-order valence-corrected chi connectivity index (χ3v) is 2.75. The largest absolute Gasteiger partial charge is 0.396 e. The summed E-state index contributed by atoms with van der Waals surface area (Å²) in [6.45, 7) is 4.15. The molecule has 2 nitrogen and oxygen atoms in total. The van der Waals surface area contributed by atoms with Crippen molar-refractivity contribution >= 4 is 11.6 Å². The van der Waals surface area contributed by atoms with E-state index in [1.54, 1.807) is 18.2 Å². The van der Waals surface area contributed by atoms with Crippen LogP contribution >= 0.6 is 0 Å². The van der Waals surface area contributed by atoms with Crippen molar-refractivity contribution in [1.82, 2.24) is 0 Å². The quantitative estimate of drug-likeness (QED) is 0.605. The fourth-order valence-corrected chi connectivity index (χ4v) is 1.61. The van der Waals surface area contributed by atoms with E-state index < -0.39 is 35.7 Å². The van der Waals surface area contributed by atoms with Crippen LogP contribution in [0.15, 0.2) is 42.5 Å². The van der Waals surface area contributed by atoms with E-state index in [9.17, 15) is 22.8 Å². The van der Waals surface area contributed by atoms with E-state index >= 15 is 0 Å². The average Bonchev–Trinajstić information content (AvgIpc) is 2.34. The highest BCUT2D eigenvalue weighted by Crippen LogP contribution is 2.35. The molecule has 1 atom stereocenters. The SMILES string of the molecule is C=C(C(C)=O)[C@H](CC(=O)c1ccccc1)C(F)(F)F. The van der Waals surface area contributed by atoms with Crippen LogP contribution in [0.5, 0.6) is 0 Å². The zero-order valence-electron chi connectivity index (χ0n) is 10.3. The molecule has 0 saturated heterocycles. The fraction of sp³-hybridized carbons (Fsp3) is 0.286. The minimum absolute atomic E-state index is 0.188. The van der Waals surface area contributed by atoms with Crippen LogP contribution in [-0.4, -0.2) is 17.7 Å². The Kier molecular flexibility index (Phi) is 4.64. The normalized spacial score (nSPS) is 12.8. The second-order valence-electron chi connectivity index (χ2n) is 4.17. The van der Waals surface area contributed by atoms with Gasteiger partial charge in [0.25, 0.3) is 0 Å². The summed E-state index contributed by atoms with van der Waals surface area (Å²) >= 11 is 0. The van der Waals surface area contributed by atoms with Crippen LogP contribution in [0.4, 0.5) is 13.2 Å². The van der Waals surface area contributed by atoms with E-state index in [-0.39, 0.29) is 5.56 Å². The van der Waals surface area contributed by atoms with E-state index in [0.29, 0.717) is 0 Å². The first-order valence-corrected chi connectivity index (χ1v) is 5.58. The van der Waals surface area contributed by atoms with Gasteiger partial charge in [0, 0.05) is 17.6 Å². The third kappa shape index (κ3) is 4.05. The second kappa shape index (κ2) is 5.82. The topological polar surface area (TPSA) is 34.1 Å². The molecule has 0 amide bonds. The van der Waals surface area contributed by atoms with Gasteiger partial charge in [-0.15, -0.1) is 0 Å². The van der Waals surface area contributed by atoms with Gasteiger partial charge < -0.3 is 0 Å². The van der Waals surface area contributed by atoms with Gasteiger partial charge in [-0.25, -0.2) is 0 Å². The first-order chi connectivity index (χ1) is 8.73. The standard InChI is InChI=1S/C14H13F3O2/c1-9(10(2)18)12(14(15,16)17)8-13(19)11-6-4-3-5-7-11/h3-7,12H,1,8H2,2H3/t12-/m0/s1. The van der Waals surface area contributed by atoms with E-state index in [1.807, 2.05) is 0 Å². The van der Waals surface area contributed by atoms with Crippen LogP contribution in [0, 0.1) is 5.92 Å². The molecule has 5 heteroatoms.